The summed E-state index contributed by atoms with van der Waals surface area (Å²) in [6, 6.07) is 18.3. The van der Waals surface area contributed by atoms with Crippen molar-refractivity contribution in [3.8, 4) is 0 Å². The van der Waals surface area contributed by atoms with Gasteiger partial charge in [-0.1, -0.05) is 174 Å². The van der Waals surface area contributed by atoms with Gasteiger partial charge in [0.15, 0.2) is 11.6 Å². The summed E-state index contributed by atoms with van der Waals surface area (Å²) in [7, 11) is 0. The van der Waals surface area contributed by atoms with Crippen LogP contribution in [-0.2, 0) is 41.0 Å². The van der Waals surface area contributed by atoms with Crippen LogP contribution in [0.2, 0.25) is 11.6 Å². The Bertz CT molecular complexity index is 2620. The van der Waals surface area contributed by atoms with Gasteiger partial charge in [-0.05, 0) is 97.8 Å². The highest BCUT2D eigenvalue weighted by Gasteiger charge is 2.63. The van der Waals surface area contributed by atoms with Crippen LogP contribution in [0.3, 0.4) is 0 Å². The first-order chi connectivity index (χ1) is 41.0. The maximum absolute atomic E-state index is 14.2. The molecular formula is C67H104B2N8O8. The molecule has 4 fully saturated rings. The SMILES string of the molecule is CC(C)CCCCCCC[N+]12CCO[B-]1([C@@H](CC(=O)[C@H](Cc1ccccc1)NC(=O)c1cnccn1)CC(C)C)OCC2.CC(C)CCCCCC[N+]12CCO[B-]1([C@@H](CC(=O)[C@H](Cc1ccccc1)NC(=O)c1cnccn1)CC(C)C)OCC2. The lowest BCUT2D eigenvalue weighted by atomic mass is 9.51. The molecule has 0 bridgehead atoms. The number of quaternary nitrogens is 2. The quantitative estimate of drug-likeness (QED) is 0.0329. The molecule has 2 N–H and O–H groups in total. The smallest absolute Gasteiger partial charge is 0.476 e. The first-order valence-electron chi connectivity index (χ1n) is 32.8. The molecule has 4 aliphatic heterocycles. The van der Waals surface area contributed by atoms with E-state index in [0.717, 1.165) is 96.7 Å². The second-order valence-electron chi connectivity index (χ2n) is 27.0. The Hall–Kier alpha value is -5.23. The molecule has 4 aromatic rings. The Labute approximate surface area is 509 Å². The molecular weight excluding hydrogens is 1070 g/mol. The molecule has 6 heterocycles. The highest BCUT2D eigenvalue weighted by Crippen LogP contribution is 2.49. The van der Waals surface area contributed by atoms with Crippen molar-refractivity contribution in [3.05, 3.63) is 120 Å². The van der Waals surface area contributed by atoms with Crippen LogP contribution < -0.4 is 10.6 Å². The minimum absolute atomic E-state index is 0.00998. The molecule has 2 aromatic heterocycles. The Morgan fingerprint density at radius 2 is 0.824 bits per heavy atom. The number of unbranched alkanes of at least 4 members (excludes halogenated alkanes) is 7. The van der Waals surface area contributed by atoms with E-state index in [1.165, 1.54) is 95.0 Å². The van der Waals surface area contributed by atoms with E-state index >= 15 is 0 Å². The number of nitrogens with zero attached hydrogens (tertiary/aromatic N) is 6. The van der Waals surface area contributed by atoms with Gasteiger partial charge in [0.1, 0.15) is 11.4 Å². The number of aromatic nitrogens is 4. The number of carbonyl (C=O) groups is 4. The van der Waals surface area contributed by atoms with Gasteiger partial charge in [0.2, 0.25) is 0 Å². The van der Waals surface area contributed by atoms with E-state index in [-0.39, 0.29) is 40.5 Å². The Balaban J connectivity index is 0.000000244. The normalized spacial score (nSPS) is 23.1. The van der Waals surface area contributed by atoms with Crippen molar-refractivity contribution in [1.82, 2.24) is 30.6 Å². The number of nitrogens with one attached hydrogen (secondary N) is 2. The maximum Gasteiger partial charge on any atom is 0.476 e. The third kappa shape index (κ3) is 18.7. The molecule has 0 saturated carbocycles. The summed E-state index contributed by atoms with van der Waals surface area (Å²) in [4.78, 5) is 71.0. The van der Waals surface area contributed by atoms with Gasteiger partial charge in [0.25, 0.3) is 11.8 Å². The Morgan fingerprint density at radius 3 is 1.15 bits per heavy atom. The summed E-state index contributed by atoms with van der Waals surface area (Å²) in [5.74, 6) is 1.45. The predicted octanol–water partition coefficient (Wildman–Crippen LogP) is 11.6. The van der Waals surface area contributed by atoms with E-state index in [0.29, 0.717) is 63.9 Å². The average molecular weight is 1170 g/mol. The maximum atomic E-state index is 14.2. The van der Waals surface area contributed by atoms with Gasteiger partial charge in [-0.15, -0.1) is 0 Å². The minimum Gasteiger partial charge on any atom is -0.509 e. The van der Waals surface area contributed by atoms with E-state index in [1.54, 1.807) is 0 Å². The molecule has 16 nitrogen and oxygen atoms in total. The van der Waals surface area contributed by atoms with Crippen LogP contribution in [0.15, 0.2) is 97.8 Å². The average Bonchev–Trinajstić information content (AvgIpc) is 1.66. The number of rotatable bonds is 35. The zero-order valence-electron chi connectivity index (χ0n) is 53.1. The third-order valence-electron chi connectivity index (χ3n) is 18.8. The molecule has 4 aliphatic rings. The van der Waals surface area contributed by atoms with E-state index in [4.69, 9.17) is 18.6 Å². The van der Waals surface area contributed by atoms with Gasteiger partial charge < -0.3 is 38.0 Å². The van der Waals surface area contributed by atoms with Gasteiger partial charge in [-0.2, -0.15) is 0 Å². The molecule has 2 amide bonds. The summed E-state index contributed by atoms with van der Waals surface area (Å²) in [6.07, 6.45) is 25.8. The lowest BCUT2D eigenvalue weighted by molar-refractivity contribution is -0.823. The zero-order valence-corrected chi connectivity index (χ0v) is 53.1. The lowest BCUT2D eigenvalue weighted by Gasteiger charge is -2.51. The topological polar surface area (TPSA) is 181 Å². The van der Waals surface area contributed by atoms with E-state index in [9.17, 15) is 19.2 Å². The van der Waals surface area contributed by atoms with Crippen molar-refractivity contribution >= 4 is 36.8 Å². The van der Waals surface area contributed by atoms with Crippen molar-refractivity contribution in [2.75, 3.05) is 65.7 Å². The number of amides is 2. The van der Waals surface area contributed by atoms with Crippen LogP contribution in [0.5, 0.6) is 0 Å². The molecule has 0 spiro atoms. The van der Waals surface area contributed by atoms with Gasteiger partial charge in [-0.3, -0.25) is 29.1 Å². The number of fused-ring (bicyclic) bond motifs is 2. The predicted molar refractivity (Wildman–Crippen MR) is 338 cm³/mol. The molecule has 2 aromatic carbocycles. The number of benzene rings is 2. The second-order valence-corrected chi connectivity index (χ2v) is 27.0. The summed E-state index contributed by atoms with van der Waals surface area (Å²) in [6.45, 7) is 23.2. The highest BCUT2D eigenvalue weighted by molar-refractivity contribution is 6.63. The Morgan fingerprint density at radius 1 is 0.471 bits per heavy atom. The van der Waals surface area contributed by atoms with Crippen LogP contribution in [-0.4, -0.2) is 143 Å². The number of hydrogen-bond acceptors (Lipinski definition) is 12. The van der Waals surface area contributed by atoms with Crippen LogP contribution in [0.25, 0.3) is 0 Å². The molecule has 18 heteroatoms. The van der Waals surface area contributed by atoms with E-state index in [2.05, 4.69) is 86.0 Å². The minimum atomic E-state index is -1.68. The fraction of sp³-hybridized carbons (Fsp3) is 0.642. The summed E-state index contributed by atoms with van der Waals surface area (Å²) >= 11 is 0. The standard InChI is InChI=1S/C34H53BN4O4.C33H51BN4O4/c1-27(2)13-9-6-5-7-12-18-39-19-21-42-35(39,43-22-20-39)30(23-28(3)4)25-33(40)31(24-29-14-10-8-11-15-29)38-34(41)32-26-36-16-17-37-32;1-26(2)12-8-5-6-11-17-38-18-20-41-34(38,42-21-19-38)29(22-27(3)4)24-32(39)30(23-28-13-9-7-10-14-28)37-33(40)31-25-35-15-16-36-31/h8,10-11,14-17,26-28,30-31H,5-7,9,12-13,18-25H2,1-4H3,(H,38,41);7,9-10,13-16,25-27,29-30H,5-6,8,11-12,17-24H2,1-4H3,(H,37,40)/t30-,31+,35?,39?;29-,30+,34?,38?/m11/s1. The zero-order chi connectivity index (χ0) is 60.7. The number of hydrogen-bond donors (Lipinski definition) is 2. The molecule has 8 rings (SSSR count). The summed E-state index contributed by atoms with van der Waals surface area (Å²) < 4.78 is 28.3. The van der Waals surface area contributed by atoms with Crippen molar-refractivity contribution in [2.24, 2.45) is 23.7 Å². The highest BCUT2D eigenvalue weighted by atomic mass is 16.7. The largest absolute Gasteiger partial charge is 0.509 e. The van der Waals surface area contributed by atoms with Crippen molar-refractivity contribution < 1.29 is 46.6 Å². The van der Waals surface area contributed by atoms with Gasteiger partial charge in [-0.25, -0.2) is 9.97 Å². The van der Waals surface area contributed by atoms with Crippen molar-refractivity contribution in [1.29, 1.82) is 0 Å². The fourth-order valence-electron chi connectivity index (χ4n) is 14.7. The number of carbonyl (C=O) groups excluding carboxylic acids is 4. The third-order valence-corrected chi connectivity index (χ3v) is 18.8. The van der Waals surface area contributed by atoms with Crippen LogP contribution in [0, 0.1) is 23.7 Å². The number of ketones is 2. The molecule has 4 saturated heterocycles. The first-order valence-corrected chi connectivity index (χ1v) is 32.8. The molecule has 85 heavy (non-hydrogen) atoms. The van der Waals surface area contributed by atoms with Gasteiger partial charge >= 0.3 is 13.4 Å². The lowest BCUT2D eigenvalue weighted by Crippen LogP contribution is -2.66. The summed E-state index contributed by atoms with van der Waals surface area (Å²) in [5, 5.41) is 5.98. The van der Waals surface area contributed by atoms with Crippen LogP contribution >= 0.6 is 0 Å². The molecule has 0 unspecified atom stereocenters. The van der Waals surface area contributed by atoms with Crippen molar-refractivity contribution in [2.45, 2.75) is 188 Å². The molecule has 4 atom stereocenters. The summed E-state index contributed by atoms with van der Waals surface area (Å²) in [5.41, 5.74) is 2.40. The monoisotopic (exact) mass is 1170 g/mol. The van der Waals surface area contributed by atoms with Crippen molar-refractivity contribution in [3.63, 3.8) is 0 Å². The van der Waals surface area contributed by atoms with Gasteiger partial charge in [0.05, 0.1) is 77.1 Å². The first kappa shape index (κ1) is 67.3. The molecule has 0 aliphatic carbocycles. The Kier molecular flexibility index (Phi) is 26.3. The fourth-order valence-corrected chi connectivity index (χ4v) is 14.7. The van der Waals surface area contributed by atoms with Gasteiger partial charge in [0, 0.05) is 37.9 Å². The van der Waals surface area contributed by atoms with E-state index < -0.39 is 31.4 Å². The van der Waals surface area contributed by atoms with Crippen LogP contribution in [0.4, 0.5) is 0 Å². The second kappa shape index (κ2) is 33.2. The van der Waals surface area contributed by atoms with Crippen LogP contribution in [0.1, 0.15) is 184 Å². The molecule has 466 valence electrons. The molecule has 0 radical (unpaired) electrons. The number of Topliss-reactive ketones (excluding diaryl/α,β-unsaturated/α-hetero) is 2. The van der Waals surface area contributed by atoms with E-state index in [1.807, 2.05) is 60.7 Å².